The monoisotopic (exact) mass is 430 g/mol. The topological polar surface area (TPSA) is 0 Å². The molecule has 0 unspecified atom stereocenters. The number of allylic oxidation sites excluding steroid dienone is 8. The van der Waals surface area contributed by atoms with Crippen molar-refractivity contribution < 1.29 is 51.0 Å². The van der Waals surface area contributed by atoms with Gasteiger partial charge < -0.3 is 24.8 Å². The molecule has 0 aliphatic heterocycles. The molecule has 128 valence electrons. The molecule has 0 saturated carbocycles. The fraction of sp³-hybridized carbons (Fsp3) is 0.600. The molecule has 0 spiro atoms. The normalized spacial score (nSPS) is 16.3. The minimum absolute atomic E-state index is 0. The summed E-state index contributed by atoms with van der Waals surface area (Å²) in [4.78, 5) is 0. The van der Waals surface area contributed by atoms with Gasteiger partial charge in [-0.25, -0.2) is 35.5 Å². The standard InChI is InChI=1S/2C10H15.2ClH.Zr/c2*1-8-5-6-9(7-8)10(2,3)4;;;/h2*6H,5H2,1-4H3;2*1H;/q2*-1;;;+4/p-2. The third kappa shape index (κ3) is 10.1. The molecule has 0 saturated heterocycles. The first-order chi connectivity index (χ1) is 9.00. The maximum Gasteiger partial charge on any atom is 4.00 e. The van der Waals surface area contributed by atoms with Crippen LogP contribution in [0.15, 0.2) is 34.4 Å². The van der Waals surface area contributed by atoms with Crippen LogP contribution in [0.5, 0.6) is 0 Å². The average Bonchev–Trinajstić information content (AvgIpc) is 2.85. The van der Waals surface area contributed by atoms with Gasteiger partial charge in [0.05, 0.1) is 0 Å². The minimum Gasteiger partial charge on any atom is -1.00 e. The average molecular weight is 433 g/mol. The summed E-state index contributed by atoms with van der Waals surface area (Å²) in [6, 6.07) is 0. The molecule has 23 heavy (non-hydrogen) atoms. The molecular weight excluding hydrogens is 402 g/mol. The van der Waals surface area contributed by atoms with E-state index in [0.29, 0.717) is 0 Å². The Kier molecular flexibility index (Phi) is 13.6. The maximum absolute atomic E-state index is 3.37. The van der Waals surface area contributed by atoms with E-state index in [4.69, 9.17) is 0 Å². The SMILES string of the molecule is CC1=[C-]C(C(C)(C)C)=CC1.CC1=[C-]C(C(C)(C)C)=CC1.[Cl-].[Cl-].[Zr+4]. The van der Waals surface area contributed by atoms with Crippen molar-refractivity contribution in [3.8, 4) is 0 Å². The van der Waals surface area contributed by atoms with Crippen molar-refractivity contribution in [3.63, 3.8) is 0 Å². The molecule has 0 radical (unpaired) electrons. The maximum atomic E-state index is 3.37. The van der Waals surface area contributed by atoms with Gasteiger partial charge in [0.1, 0.15) is 0 Å². The van der Waals surface area contributed by atoms with Gasteiger partial charge in [0.2, 0.25) is 0 Å². The van der Waals surface area contributed by atoms with Crippen molar-refractivity contribution >= 4 is 0 Å². The molecule has 0 amide bonds. The molecule has 3 heteroatoms. The van der Waals surface area contributed by atoms with E-state index in [2.05, 4.69) is 79.7 Å². The van der Waals surface area contributed by atoms with E-state index in [9.17, 15) is 0 Å². The third-order valence-corrected chi connectivity index (χ3v) is 3.54. The van der Waals surface area contributed by atoms with Gasteiger partial charge in [-0.3, -0.25) is 0 Å². The quantitative estimate of drug-likeness (QED) is 0.481. The van der Waals surface area contributed by atoms with Crippen molar-refractivity contribution in [1.29, 1.82) is 0 Å². The Hall–Kier alpha value is 0.423. The van der Waals surface area contributed by atoms with Crippen LogP contribution in [0.25, 0.3) is 0 Å². The van der Waals surface area contributed by atoms with Crippen LogP contribution < -0.4 is 24.8 Å². The van der Waals surface area contributed by atoms with Crippen LogP contribution in [0.1, 0.15) is 68.2 Å². The van der Waals surface area contributed by atoms with Crippen molar-refractivity contribution in [2.45, 2.75) is 68.2 Å². The van der Waals surface area contributed by atoms with Gasteiger partial charge in [0.15, 0.2) is 0 Å². The summed E-state index contributed by atoms with van der Waals surface area (Å²) in [7, 11) is 0. The number of hydrogen-bond donors (Lipinski definition) is 0. The largest absolute Gasteiger partial charge is 4.00 e. The predicted octanol–water partition coefficient (Wildman–Crippen LogP) is 0.230. The van der Waals surface area contributed by atoms with Gasteiger partial charge in [0, 0.05) is 0 Å². The summed E-state index contributed by atoms with van der Waals surface area (Å²) in [6.07, 6.45) is 13.5. The van der Waals surface area contributed by atoms with E-state index in [1.54, 1.807) is 0 Å². The van der Waals surface area contributed by atoms with E-state index >= 15 is 0 Å². The zero-order valence-electron chi connectivity index (χ0n) is 15.8. The fourth-order valence-electron chi connectivity index (χ4n) is 2.16. The second kappa shape index (κ2) is 11.1. The molecule has 0 bridgehead atoms. The van der Waals surface area contributed by atoms with Crippen LogP contribution in [0.4, 0.5) is 0 Å². The van der Waals surface area contributed by atoms with Crippen LogP contribution in [0.2, 0.25) is 0 Å². The van der Waals surface area contributed by atoms with E-state index in [1.807, 2.05) is 0 Å². The Labute approximate surface area is 175 Å². The molecule has 0 aromatic heterocycles. The number of halogens is 2. The molecule has 2 rings (SSSR count). The summed E-state index contributed by atoms with van der Waals surface area (Å²) in [5.41, 5.74) is 6.04. The van der Waals surface area contributed by atoms with Crippen molar-refractivity contribution in [3.05, 3.63) is 46.6 Å². The van der Waals surface area contributed by atoms with Crippen LogP contribution in [0, 0.1) is 23.0 Å². The Bertz CT molecular complexity index is 435. The molecule has 0 N–H and O–H groups in total. The third-order valence-electron chi connectivity index (χ3n) is 3.54. The van der Waals surface area contributed by atoms with Gasteiger partial charge >= 0.3 is 26.2 Å². The molecule has 0 heterocycles. The van der Waals surface area contributed by atoms with Crippen LogP contribution in [-0.4, -0.2) is 0 Å². The molecular formula is C20H30Cl2Zr. The van der Waals surface area contributed by atoms with E-state index < -0.39 is 0 Å². The predicted molar refractivity (Wildman–Crippen MR) is 89.2 cm³/mol. The zero-order valence-corrected chi connectivity index (χ0v) is 19.8. The van der Waals surface area contributed by atoms with Crippen molar-refractivity contribution in [2.24, 2.45) is 10.8 Å². The zero-order chi connectivity index (χ0) is 15.6. The first kappa shape index (κ1) is 28.2. The Balaban J connectivity index is -0.000000308. The second-order valence-electron chi connectivity index (χ2n) is 7.95. The van der Waals surface area contributed by atoms with Gasteiger partial charge in [-0.2, -0.15) is 11.1 Å². The van der Waals surface area contributed by atoms with E-state index in [0.717, 1.165) is 12.8 Å². The molecule has 2 aliphatic carbocycles. The summed E-state index contributed by atoms with van der Waals surface area (Å²) in [6.45, 7) is 17.6. The minimum atomic E-state index is 0. The summed E-state index contributed by atoms with van der Waals surface area (Å²) < 4.78 is 0. The Morgan fingerprint density at radius 1 is 0.696 bits per heavy atom. The van der Waals surface area contributed by atoms with Crippen LogP contribution in [0.3, 0.4) is 0 Å². The van der Waals surface area contributed by atoms with Gasteiger partial charge in [-0.15, -0.1) is 0 Å². The first-order valence-corrected chi connectivity index (χ1v) is 7.60. The van der Waals surface area contributed by atoms with Crippen LogP contribution in [-0.2, 0) is 26.2 Å². The molecule has 2 aliphatic rings. The summed E-state index contributed by atoms with van der Waals surface area (Å²) in [5.74, 6) is 0. The Morgan fingerprint density at radius 2 is 0.957 bits per heavy atom. The second-order valence-corrected chi connectivity index (χ2v) is 7.95. The van der Waals surface area contributed by atoms with E-state index in [-0.39, 0.29) is 61.8 Å². The summed E-state index contributed by atoms with van der Waals surface area (Å²) >= 11 is 0. The molecule has 0 aromatic carbocycles. The Morgan fingerprint density at radius 3 is 1.04 bits per heavy atom. The van der Waals surface area contributed by atoms with Gasteiger partial charge in [-0.1, -0.05) is 68.2 Å². The van der Waals surface area contributed by atoms with Crippen LogP contribution >= 0.6 is 0 Å². The molecule has 0 fully saturated rings. The molecule has 0 atom stereocenters. The summed E-state index contributed by atoms with van der Waals surface area (Å²) in [5, 5.41) is 0. The van der Waals surface area contributed by atoms with Gasteiger partial charge in [0.25, 0.3) is 0 Å². The first-order valence-electron chi connectivity index (χ1n) is 7.60. The van der Waals surface area contributed by atoms with Crippen molar-refractivity contribution in [2.75, 3.05) is 0 Å². The number of hydrogen-bond acceptors (Lipinski definition) is 0. The van der Waals surface area contributed by atoms with Gasteiger partial charge in [-0.05, 0) is 10.8 Å². The fourth-order valence-corrected chi connectivity index (χ4v) is 2.16. The molecule has 0 nitrogen and oxygen atoms in total. The smallest absolute Gasteiger partial charge is 1.00 e. The van der Waals surface area contributed by atoms with Crippen molar-refractivity contribution in [1.82, 2.24) is 0 Å². The molecule has 0 aromatic rings. The number of rotatable bonds is 0. The van der Waals surface area contributed by atoms with E-state index in [1.165, 1.54) is 22.3 Å².